The third kappa shape index (κ3) is 3.48. The Bertz CT molecular complexity index is 671. The molecule has 26 heavy (non-hydrogen) atoms. The summed E-state index contributed by atoms with van der Waals surface area (Å²) in [7, 11) is 1.51. The number of amides is 2. The normalized spacial score (nSPS) is 20.2. The number of carbonyl (C=O) groups is 2. The van der Waals surface area contributed by atoms with Crippen molar-refractivity contribution in [3.63, 3.8) is 0 Å². The van der Waals surface area contributed by atoms with Crippen molar-refractivity contribution in [2.75, 3.05) is 26.7 Å². The van der Waals surface area contributed by atoms with Crippen molar-refractivity contribution in [1.82, 2.24) is 14.8 Å². The predicted molar refractivity (Wildman–Crippen MR) is 96.2 cm³/mol. The quantitative estimate of drug-likeness (QED) is 0.806. The van der Waals surface area contributed by atoms with E-state index in [1.807, 2.05) is 4.90 Å². The molecule has 7 heteroatoms. The smallest absolute Gasteiger partial charge is 0.410 e. The van der Waals surface area contributed by atoms with Crippen LogP contribution in [0, 0.1) is 0 Å². The van der Waals surface area contributed by atoms with E-state index in [9.17, 15) is 9.59 Å². The number of ether oxygens (including phenoxy) is 2. The Hall–Kier alpha value is -2.31. The van der Waals surface area contributed by atoms with Gasteiger partial charge >= 0.3 is 6.09 Å². The zero-order valence-electron chi connectivity index (χ0n) is 15.7. The van der Waals surface area contributed by atoms with Gasteiger partial charge in [-0.25, -0.2) is 9.78 Å². The molecule has 1 aromatic heterocycles. The zero-order chi connectivity index (χ0) is 18.7. The maximum atomic E-state index is 12.8. The molecule has 0 aromatic carbocycles. The fraction of sp³-hybridized carbons (Fsp3) is 0.632. The van der Waals surface area contributed by atoms with Gasteiger partial charge in [0.1, 0.15) is 11.2 Å². The third-order valence-electron chi connectivity index (χ3n) is 5.39. The van der Waals surface area contributed by atoms with Gasteiger partial charge in [0.25, 0.3) is 5.91 Å². The van der Waals surface area contributed by atoms with E-state index >= 15 is 0 Å². The van der Waals surface area contributed by atoms with Gasteiger partial charge in [0, 0.05) is 38.2 Å². The maximum absolute atomic E-state index is 12.8. The van der Waals surface area contributed by atoms with Crippen molar-refractivity contribution in [2.24, 2.45) is 0 Å². The number of aromatic nitrogens is 1. The summed E-state index contributed by atoms with van der Waals surface area (Å²) in [6, 6.07) is 3.64. The lowest BCUT2D eigenvalue weighted by atomic mass is 9.90. The average Bonchev–Trinajstić information content (AvgIpc) is 2.98. The predicted octanol–water partition coefficient (Wildman–Crippen LogP) is 2.71. The molecular formula is C19H27N3O4. The molecule has 2 amide bonds. The number of piperidine rings is 1. The monoisotopic (exact) mass is 361 g/mol. The lowest BCUT2D eigenvalue weighted by molar-refractivity contribution is 0.00298. The summed E-state index contributed by atoms with van der Waals surface area (Å²) in [5.74, 6) is 0.245. The topological polar surface area (TPSA) is 72.0 Å². The molecule has 2 fully saturated rings. The van der Waals surface area contributed by atoms with Gasteiger partial charge < -0.3 is 19.3 Å². The van der Waals surface area contributed by atoms with Crippen LogP contribution in [0.4, 0.5) is 4.79 Å². The first-order valence-electron chi connectivity index (χ1n) is 9.27. The van der Waals surface area contributed by atoms with Gasteiger partial charge in [-0.3, -0.25) is 4.79 Å². The van der Waals surface area contributed by atoms with Gasteiger partial charge in [-0.15, -0.1) is 0 Å². The molecule has 142 valence electrons. The maximum Gasteiger partial charge on any atom is 0.410 e. The van der Waals surface area contributed by atoms with E-state index in [1.54, 1.807) is 23.2 Å². The molecule has 2 aliphatic heterocycles. The Morgan fingerprint density at radius 1 is 1.42 bits per heavy atom. The van der Waals surface area contributed by atoms with Gasteiger partial charge in [0.05, 0.1) is 13.7 Å². The number of carbonyl (C=O) groups excluding carboxylic acids is 2. The molecule has 1 aromatic rings. The molecule has 0 N–H and O–H groups in total. The standard InChI is InChI=1S/C19H27N3O4/c1-4-6-14(2)22-13-19(26-18(22)24)8-11-21(12-9-19)17(23)15-7-5-10-20-16(15)25-3/h5,7,10,14H,4,6,8-9,11-13H2,1-3H3/t14-/m0/s1. The number of pyridine rings is 1. The average molecular weight is 361 g/mol. The first-order chi connectivity index (χ1) is 12.5. The molecule has 7 nitrogen and oxygen atoms in total. The Labute approximate surface area is 154 Å². The summed E-state index contributed by atoms with van der Waals surface area (Å²) in [5, 5.41) is 0. The van der Waals surface area contributed by atoms with E-state index in [-0.39, 0.29) is 18.0 Å². The molecule has 1 spiro atoms. The van der Waals surface area contributed by atoms with Gasteiger partial charge in [0.15, 0.2) is 0 Å². The van der Waals surface area contributed by atoms with Crippen LogP contribution in [-0.4, -0.2) is 65.2 Å². The second kappa shape index (κ2) is 7.51. The molecule has 0 saturated carbocycles. The van der Waals surface area contributed by atoms with Crippen molar-refractivity contribution in [1.29, 1.82) is 0 Å². The molecule has 2 saturated heterocycles. The SMILES string of the molecule is CCC[C@H](C)N1CC2(CCN(C(=O)c3cccnc3OC)CC2)OC1=O. The minimum atomic E-state index is -0.463. The number of methoxy groups -OCH3 is 1. The highest BCUT2D eigenvalue weighted by molar-refractivity contribution is 5.96. The number of hydrogen-bond donors (Lipinski definition) is 0. The van der Waals surface area contributed by atoms with Crippen LogP contribution in [-0.2, 0) is 4.74 Å². The first kappa shape index (κ1) is 18.5. The van der Waals surface area contributed by atoms with Crippen LogP contribution >= 0.6 is 0 Å². The minimum Gasteiger partial charge on any atom is -0.480 e. The molecule has 0 radical (unpaired) electrons. The Balaban J connectivity index is 1.64. The van der Waals surface area contributed by atoms with Gasteiger partial charge in [-0.05, 0) is 25.5 Å². The van der Waals surface area contributed by atoms with Crippen LogP contribution in [0.1, 0.15) is 49.9 Å². The van der Waals surface area contributed by atoms with Crippen molar-refractivity contribution in [2.45, 2.75) is 51.2 Å². The second-order valence-electron chi connectivity index (χ2n) is 7.17. The van der Waals surface area contributed by atoms with Crippen LogP contribution in [0.15, 0.2) is 18.3 Å². The molecular weight excluding hydrogens is 334 g/mol. The van der Waals surface area contributed by atoms with Crippen molar-refractivity contribution in [3.05, 3.63) is 23.9 Å². The lowest BCUT2D eigenvalue weighted by Gasteiger charge is -2.37. The summed E-state index contributed by atoms with van der Waals surface area (Å²) >= 11 is 0. The van der Waals surface area contributed by atoms with Gasteiger partial charge in [-0.2, -0.15) is 0 Å². The molecule has 3 heterocycles. The summed E-state index contributed by atoms with van der Waals surface area (Å²) < 4.78 is 11.0. The number of nitrogens with zero attached hydrogens (tertiary/aromatic N) is 3. The largest absolute Gasteiger partial charge is 0.480 e. The highest BCUT2D eigenvalue weighted by Gasteiger charge is 2.48. The first-order valence-corrected chi connectivity index (χ1v) is 9.27. The van der Waals surface area contributed by atoms with Gasteiger partial charge in [-0.1, -0.05) is 13.3 Å². The summed E-state index contributed by atoms with van der Waals surface area (Å²) in [5.41, 5.74) is 0.00193. The van der Waals surface area contributed by atoms with Crippen LogP contribution in [0.3, 0.4) is 0 Å². The van der Waals surface area contributed by atoms with E-state index in [0.29, 0.717) is 43.9 Å². The zero-order valence-corrected chi connectivity index (χ0v) is 15.7. The van der Waals surface area contributed by atoms with Gasteiger partial charge in [0.2, 0.25) is 5.88 Å². The molecule has 2 aliphatic rings. The summed E-state index contributed by atoms with van der Waals surface area (Å²) in [6.45, 7) is 5.91. The van der Waals surface area contributed by atoms with E-state index in [1.165, 1.54) is 7.11 Å². The number of hydrogen-bond acceptors (Lipinski definition) is 5. The van der Waals surface area contributed by atoms with Crippen molar-refractivity contribution < 1.29 is 19.1 Å². The van der Waals surface area contributed by atoms with Crippen LogP contribution in [0.5, 0.6) is 5.88 Å². The Kier molecular flexibility index (Phi) is 5.34. The fourth-order valence-corrected chi connectivity index (χ4v) is 3.82. The lowest BCUT2D eigenvalue weighted by Crippen LogP contribution is -2.49. The highest BCUT2D eigenvalue weighted by atomic mass is 16.6. The van der Waals surface area contributed by atoms with Crippen LogP contribution in [0.25, 0.3) is 0 Å². The van der Waals surface area contributed by atoms with E-state index in [0.717, 1.165) is 12.8 Å². The Morgan fingerprint density at radius 2 is 2.15 bits per heavy atom. The highest BCUT2D eigenvalue weighted by Crippen LogP contribution is 2.35. The summed E-state index contributed by atoms with van der Waals surface area (Å²) in [4.78, 5) is 32.8. The number of rotatable bonds is 5. The van der Waals surface area contributed by atoms with E-state index in [4.69, 9.17) is 9.47 Å². The number of likely N-dealkylation sites (tertiary alicyclic amines) is 1. The van der Waals surface area contributed by atoms with Crippen LogP contribution < -0.4 is 4.74 Å². The second-order valence-corrected chi connectivity index (χ2v) is 7.17. The Morgan fingerprint density at radius 3 is 2.81 bits per heavy atom. The molecule has 0 unspecified atom stereocenters. The minimum absolute atomic E-state index is 0.0923. The molecule has 0 bridgehead atoms. The van der Waals surface area contributed by atoms with E-state index in [2.05, 4.69) is 18.8 Å². The van der Waals surface area contributed by atoms with Crippen molar-refractivity contribution >= 4 is 12.0 Å². The fourth-order valence-electron chi connectivity index (χ4n) is 3.82. The van der Waals surface area contributed by atoms with Crippen molar-refractivity contribution in [3.8, 4) is 5.88 Å². The summed E-state index contributed by atoms with van der Waals surface area (Å²) in [6.07, 6.45) is 4.69. The molecule has 3 rings (SSSR count). The third-order valence-corrected chi connectivity index (χ3v) is 5.39. The van der Waals surface area contributed by atoms with Crippen LogP contribution in [0.2, 0.25) is 0 Å². The van der Waals surface area contributed by atoms with E-state index < -0.39 is 5.60 Å². The molecule has 1 atom stereocenters. The molecule has 0 aliphatic carbocycles.